The van der Waals surface area contributed by atoms with Crippen molar-refractivity contribution in [2.75, 3.05) is 6.26 Å². The largest absolute Gasteiger partial charge is 0.338 e. The molecule has 7 heteroatoms. The number of sulfone groups is 1. The molecule has 1 unspecified atom stereocenters. The van der Waals surface area contributed by atoms with Crippen LogP contribution >= 0.6 is 0 Å². The number of rotatable bonds is 5. The maximum Gasteiger partial charge on any atom is 0.243 e. The van der Waals surface area contributed by atoms with Gasteiger partial charge in [0.1, 0.15) is 5.75 Å². The average molecular weight is 231 g/mol. The van der Waals surface area contributed by atoms with E-state index in [0.717, 1.165) is 6.26 Å². The highest BCUT2D eigenvalue weighted by Gasteiger charge is 2.15. The second kappa shape index (κ2) is 4.54. The predicted molar refractivity (Wildman–Crippen MR) is 54.6 cm³/mol. The van der Waals surface area contributed by atoms with Crippen LogP contribution in [0, 0.1) is 0 Å². The summed E-state index contributed by atoms with van der Waals surface area (Å²) in [7, 11) is -3.15. The predicted octanol–water partition coefficient (Wildman–Crippen LogP) is 0.190. The molecule has 15 heavy (non-hydrogen) atoms. The second-order valence-corrected chi connectivity index (χ2v) is 5.39. The fourth-order valence-electron chi connectivity index (χ4n) is 0.992. The van der Waals surface area contributed by atoms with E-state index in [1.807, 2.05) is 0 Å². The van der Waals surface area contributed by atoms with E-state index in [1.165, 1.54) is 0 Å². The molecule has 1 atom stereocenters. The molecular formula is C8H13N3O3S. The van der Waals surface area contributed by atoms with Crippen LogP contribution in [-0.2, 0) is 15.6 Å². The van der Waals surface area contributed by atoms with E-state index in [4.69, 9.17) is 10.3 Å². The summed E-state index contributed by atoms with van der Waals surface area (Å²) < 4.78 is 26.7. The molecule has 1 aromatic heterocycles. The number of aromatic nitrogens is 2. The molecular weight excluding hydrogens is 218 g/mol. The van der Waals surface area contributed by atoms with Gasteiger partial charge < -0.3 is 10.3 Å². The van der Waals surface area contributed by atoms with Gasteiger partial charge >= 0.3 is 0 Å². The molecule has 1 aromatic rings. The Morgan fingerprint density at radius 1 is 1.67 bits per heavy atom. The van der Waals surface area contributed by atoms with Crippen molar-refractivity contribution in [1.82, 2.24) is 10.1 Å². The zero-order chi connectivity index (χ0) is 11.5. The number of nitrogens with two attached hydrogens (primary N) is 1. The molecule has 0 amide bonds. The molecule has 0 bridgehead atoms. The van der Waals surface area contributed by atoms with Gasteiger partial charge in [-0.2, -0.15) is 4.98 Å². The number of hydrogen-bond donors (Lipinski definition) is 1. The van der Waals surface area contributed by atoms with Crippen LogP contribution in [0.2, 0.25) is 0 Å². The van der Waals surface area contributed by atoms with Crippen LogP contribution < -0.4 is 5.73 Å². The van der Waals surface area contributed by atoms with Gasteiger partial charge in [0.25, 0.3) is 0 Å². The topological polar surface area (TPSA) is 99.1 Å². The third kappa shape index (κ3) is 3.80. The molecule has 2 N–H and O–H groups in total. The zero-order valence-corrected chi connectivity index (χ0v) is 9.20. The normalized spacial score (nSPS) is 13.7. The smallest absolute Gasteiger partial charge is 0.243 e. The highest BCUT2D eigenvalue weighted by atomic mass is 32.2. The summed E-state index contributed by atoms with van der Waals surface area (Å²) in [4.78, 5) is 3.88. The summed E-state index contributed by atoms with van der Waals surface area (Å²) in [6.45, 7) is 3.53. The molecule has 0 aliphatic carbocycles. The van der Waals surface area contributed by atoms with E-state index >= 15 is 0 Å². The van der Waals surface area contributed by atoms with Gasteiger partial charge in [-0.05, 0) is 6.42 Å². The Hall–Kier alpha value is -1.21. The summed E-state index contributed by atoms with van der Waals surface area (Å²) in [5.41, 5.74) is 5.67. The van der Waals surface area contributed by atoms with E-state index in [2.05, 4.69) is 16.7 Å². The van der Waals surface area contributed by atoms with Gasteiger partial charge in [0.05, 0.1) is 6.04 Å². The van der Waals surface area contributed by atoms with Crippen molar-refractivity contribution in [1.29, 1.82) is 0 Å². The SMILES string of the molecule is C=CCC(N)c1nc(CS(C)(=O)=O)no1. The fraction of sp³-hybridized carbons (Fsp3) is 0.500. The van der Waals surface area contributed by atoms with Crippen LogP contribution in [0.25, 0.3) is 0 Å². The summed E-state index contributed by atoms with van der Waals surface area (Å²) >= 11 is 0. The van der Waals surface area contributed by atoms with E-state index in [-0.39, 0.29) is 17.5 Å². The Morgan fingerprint density at radius 3 is 2.87 bits per heavy atom. The first-order valence-electron chi connectivity index (χ1n) is 4.29. The van der Waals surface area contributed by atoms with Gasteiger partial charge in [-0.1, -0.05) is 11.2 Å². The summed E-state index contributed by atoms with van der Waals surface area (Å²) in [5, 5.41) is 3.53. The highest BCUT2D eigenvalue weighted by molar-refractivity contribution is 7.89. The minimum atomic E-state index is -3.15. The van der Waals surface area contributed by atoms with E-state index in [1.54, 1.807) is 6.08 Å². The Morgan fingerprint density at radius 2 is 2.33 bits per heavy atom. The van der Waals surface area contributed by atoms with E-state index in [0.29, 0.717) is 6.42 Å². The first kappa shape index (κ1) is 11.9. The van der Waals surface area contributed by atoms with Crippen LogP contribution in [0.15, 0.2) is 17.2 Å². The molecule has 0 radical (unpaired) electrons. The maximum absolute atomic E-state index is 10.9. The third-order valence-electron chi connectivity index (χ3n) is 1.61. The van der Waals surface area contributed by atoms with Crippen LogP contribution in [0.4, 0.5) is 0 Å². The number of nitrogens with zero attached hydrogens (tertiary/aromatic N) is 2. The lowest BCUT2D eigenvalue weighted by Crippen LogP contribution is -2.10. The molecule has 0 aliphatic rings. The van der Waals surface area contributed by atoms with Crippen molar-refractivity contribution in [2.45, 2.75) is 18.2 Å². The van der Waals surface area contributed by atoms with Crippen molar-refractivity contribution in [2.24, 2.45) is 5.73 Å². The zero-order valence-electron chi connectivity index (χ0n) is 8.38. The van der Waals surface area contributed by atoms with Gasteiger partial charge in [0.15, 0.2) is 15.7 Å². The number of hydrogen-bond acceptors (Lipinski definition) is 6. The fourth-order valence-corrected chi connectivity index (χ4v) is 1.58. The molecule has 6 nitrogen and oxygen atoms in total. The molecule has 0 fully saturated rings. The van der Waals surface area contributed by atoms with E-state index in [9.17, 15) is 8.42 Å². The lowest BCUT2D eigenvalue weighted by atomic mass is 10.2. The first-order valence-corrected chi connectivity index (χ1v) is 6.35. The van der Waals surface area contributed by atoms with Crippen molar-refractivity contribution in [3.8, 4) is 0 Å². The van der Waals surface area contributed by atoms with Crippen LogP contribution in [0.3, 0.4) is 0 Å². The van der Waals surface area contributed by atoms with Crippen molar-refractivity contribution in [3.63, 3.8) is 0 Å². The average Bonchev–Trinajstić information content (AvgIpc) is 2.50. The Balaban J connectivity index is 2.76. The molecule has 0 aromatic carbocycles. The molecule has 1 heterocycles. The molecule has 0 saturated carbocycles. The van der Waals surface area contributed by atoms with Gasteiger partial charge in [-0.15, -0.1) is 6.58 Å². The minimum absolute atomic E-state index is 0.131. The minimum Gasteiger partial charge on any atom is -0.338 e. The molecule has 1 rings (SSSR count). The summed E-state index contributed by atoms with van der Waals surface area (Å²) in [5.74, 6) is 0.123. The first-order chi connectivity index (χ1) is 6.92. The van der Waals surface area contributed by atoms with Crippen LogP contribution in [0.5, 0.6) is 0 Å². The maximum atomic E-state index is 10.9. The Labute approximate surface area is 88.1 Å². The molecule has 0 spiro atoms. The lowest BCUT2D eigenvalue weighted by Gasteiger charge is -1.99. The van der Waals surface area contributed by atoms with E-state index < -0.39 is 15.9 Å². The van der Waals surface area contributed by atoms with Gasteiger partial charge in [-0.25, -0.2) is 8.42 Å². The van der Waals surface area contributed by atoms with Gasteiger partial charge in [0.2, 0.25) is 5.89 Å². The monoisotopic (exact) mass is 231 g/mol. The quantitative estimate of drug-likeness (QED) is 0.726. The molecule has 0 aliphatic heterocycles. The Bertz CT molecular complexity index is 438. The van der Waals surface area contributed by atoms with Crippen LogP contribution in [0.1, 0.15) is 24.2 Å². The second-order valence-electron chi connectivity index (χ2n) is 3.25. The third-order valence-corrected chi connectivity index (χ3v) is 2.40. The van der Waals surface area contributed by atoms with Crippen molar-refractivity contribution >= 4 is 9.84 Å². The summed E-state index contributed by atoms with van der Waals surface area (Å²) in [6, 6.07) is -0.427. The highest BCUT2D eigenvalue weighted by Crippen LogP contribution is 2.12. The van der Waals surface area contributed by atoms with Crippen LogP contribution in [-0.4, -0.2) is 24.8 Å². The Kier molecular flexibility index (Phi) is 3.59. The molecule has 0 saturated heterocycles. The standard InChI is InChI=1S/C8H13N3O3S/c1-3-4-6(9)8-10-7(11-14-8)5-15(2,12)13/h3,6H,1,4-5,9H2,2H3. The lowest BCUT2D eigenvalue weighted by molar-refractivity contribution is 0.352. The van der Waals surface area contributed by atoms with Gasteiger partial charge in [0, 0.05) is 6.26 Å². The summed E-state index contributed by atoms with van der Waals surface area (Å²) in [6.07, 6.45) is 3.23. The van der Waals surface area contributed by atoms with Gasteiger partial charge in [-0.3, -0.25) is 0 Å². The van der Waals surface area contributed by atoms with Crippen molar-refractivity contribution in [3.05, 3.63) is 24.4 Å². The molecule has 84 valence electrons. The van der Waals surface area contributed by atoms with Crippen molar-refractivity contribution < 1.29 is 12.9 Å².